The van der Waals surface area contributed by atoms with Crippen molar-refractivity contribution < 1.29 is 0 Å². The molecule has 0 atom stereocenters. The summed E-state index contributed by atoms with van der Waals surface area (Å²) in [5.74, 6) is 0. The molecule has 0 bridgehead atoms. The zero-order valence-corrected chi connectivity index (χ0v) is 8.06. The van der Waals surface area contributed by atoms with Gasteiger partial charge in [-0.3, -0.25) is 0 Å². The van der Waals surface area contributed by atoms with Crippen LogP contribution in [-0.2, 0) is 6.42 Å². The van der Waals surface area contributed by atoms with Gasteiger partial charge in [-0.05, 0) is 37.8 Å². The summed E-state index contributed by atoms with van der Waals surface area (Å²) < 4.78 is 0. The molecular formula is C12H17. The summed E-state index contributed by atoms with van der Waals surface area (Å²) in [6.07, 6.45) is 3.41. The lowest BCUT2D eigenvalue weighted by Gasteiger charge is -2.05. The highest BCUT2D eigenvalue weighted by Crippen LogP contribution is 2.12. The van der Waals surface area contributed by atoms with Gasteiger partial charge in [-0.15, -0.1) is 0 Å². The van der Waals surface area contributed by atoms with E-state index in [1.54, 1.807) is 0 Å². The van der Waals surface area contributed by atoms with Gasteiger partial charge < -0.3 is 0 Å². The van der Waals surface area contributed by atoms with Gasteiger partial charge in [0.25, 0.3) is 0 Å². The summed E-state index contributed by atoms with van der Waals surface area (Å²) in [7, 11) is 0. The molecule has 0 aliphatic heterocycles. The fourth-order valence-corrected chi connectivity index (χ4v) is 1.44. The Morgan fingerprint density at radius 2 is 2.00 bits per heavy atom. The van der Waals surface area contributed by atoms with Gasteiger partial charge in [-0.1, -0.05) is 37.1 Å². The fourth-order valence-electron chi connectivity index (χ4n) is 1.44. The van der Waals surface area contributed by atoms with E-state index in [1.807, 2.05) is 0 Å². The number of hydrogen-bond acceptors (Lipinski definition) is 0. The molecule has 0 aliphatic rings. The van der Waals surface area contributed by atoms with Crippen molar-refractivity contribution in [2.24, 2.45) is 0 Å². The Hall–Kier alpha value is -0.780. The Bertz CT molecular complexity index is 248. The monoisotopic (exact) mass is 161 g/mol. The average Bonchev–Trinajstić information content (AvgIpc) is 2.03. The van der Waals surface area contributed by atoms with Crippen molar-refractivity contribution in [2.75, 3.05) is 0 Å². The van der Waals surface area contributed by atoms with Gasteiger partial charge in [0.1, 0.15) is 0 Å². The van der Waals surface area contributed by atoms with Crippen LogP contribution in [0.3, 0.4) is 0 Å². The minimum atomic E-state index is 1.04. The molecule has 0 saturated carbocycles. The molecule has 0 heteroatoms. The lowest BCUT2D eigenvalue weighted by atomic mass is 10.0. The van der Waals surface area contributed by atoms with Crippen LogP contribution >= 0.6 is 0 Å². The van der Waals surface area contributed by atoms with Crippen molar-refractivity contribution in [3.05, 3.63) is 41.8 Å². The number of benzene rings is 1. The van der Waals surface area contributed by atoms with Gasteiger partial charge in [-0.2, -0.15) is 0 Å². The van der Waals surface area contributed by atoms with E-state index in [0.717, 1.165) is 6.42 Å². The third-order valence-electron chi connectivity index (χ3n) is 2.19. The molecule has 0 N–H and O–H groups in total. The van der Waals surface area contributed by atoms with E-state index in [9.17, 15) is 0 Å². The highest BCUT2D eigenvalue weighted by atomic mass is 14.0. The molecule has 0 saturated heterocycles. The second-order valence-corrected chi connectivity index (χ2v) is 3.39. The second-order valence-electron chi connectivity index (χ2n) is 3.39. The molecule has 0 fully saturated rings. The van der Waals surface area contributed by atoms with Gasteiger partial charge in [-0.25, -0.2) is 0 Å². The molecule has 1 rings (SSSR count). The second kappa shape index (κ2) is 4.30. The van der Waals surface area contributed by atoms with Crippen LogP contribution < -0.4 is 0 Å². The van der Waals surface area contributed by atoms with Crippen LogP contribution in [0.5, 0.6) is 0 Å². The average molecular weight is 161 g/mol. The van der Waals surface area contributed by atoms with Gasteiger partial charge in [0.15, 0.2) is 0 Å². The SMILES string of the molecule is [CH2]CCCc1ccc(C)cc1C. The van der Waals surface area contributed by atoms with Crippen LogP contribution in [-0.4, -0.2) is 0 Å². The molecule has 0 aliphatic carbocycles. The molecule has 0 spiro atoms. The summed E-state index contributed by atoms with van der Waals surface area (Å²) >= 11 is 0. The van der Waals surface area contributed by atoms with Crippen LogP contribution in [0.4, 0.5) is 0 Å². The number of aryl methyl sites for hydroxylation is 3. The Labute approximate surface area is 75.6 Å². The lowest BCUT2D eigenvalue weighted by molar-refractivity contribution is 0.835. The molecule has 12 heavy (non-hydrogen) atoms. The van der Waals surface area contributed by atoms with E-state index < -0.39 is 0 Å². The zero-order chi connectivity index (χ0) is 8.97. The Morgan fingerprint density at radius 1 is 1.25 bits per heavy atom. The minimum Gasteiger partial charge on any atom is -0.0590 e. The first-order valence-corrected chi connectivity index (χ1v) is 4.59. The first kappa shape index (κ1) is 9.31. The molecule has 0 heterocycles. The van der Waals surface area contributed by atoms with Gasteiger partial charge in [0, 0.05) is 0 Å². The van der Waals surface area contributed by atoms with Crippen LogP contribution in [0.15, 0.2) is 18.2 Å². The van der Waals surface area contributed by atoms with Crippen LogP contribution in [0, 0.1) is 20.8 Å². The molecule has 0 nitrogen and oxygen atoms in total. The lowest BCUT2D eigenvalue weighted by Crippen LogP contribution is -1.89. The molecular weight excluding hydrogens is 144 g/mol. The third kappa shape index (κ3) is 2.37. The van der Waals surface area contributed by atoms with E-state index in [-0.39, 0.29) is 0 Å². The van der Waals surface area contributed by atoms with Gasteiger partial charge >= 0.3 is 0 Å². The minimum absolute atomic E-state index is 1.04. The van der Waals surface area contributed by atoms with E-state index in [1.165, 1.54) is 29.5 Å². The van der Waals surface area contributed by atoms with Crippen LogP contribution in [0.25, 0.3) is 0 Å². The highest BCUT2D eigenvalue weighted by Gasteiger charge is 1.96. The molecule has 0 unspecified atom stereocenters. The van der Waals surface area contributed by atoms with Crippen molar-refractivity contribution in [3.8, 4) is 0 Å². The smallest absolute Gasteiger partial charge is 0.0276 e. The predicted molar refractivity (Wildman–Crippen MR) is 54.2 cm³/mol. The maximum atomic E-state index is 3.85. The number of unbranched alkanes of at least 4 members (excludes halogenated alkanes) is 1. The van der Waals surface area contributed by atoms with Crippen molar-refractivity contribution >= 4 is 0 Å². The van der Waals surface area contributed by atoms with E-state index in [0.29, 0.717) is 0 Å². The largest absolute Gasteiger partial charge is 0.0590 e. The maximum absolute atomic E-state index is 3.85. The van der Waals surface area contributed by atoms with Crippen molar-refractivity contribution in [2.45, 2.75) is 33.1 Å². The van der Waals surface area contributed by atoms with Gasteiger partial charge in [0.05, 0.1) is 0 Å². The maximum Gasteiger partial charge on any atom is -0.0276 e. The van der Waals surface area contributed by atoms with E-state index >= 15 is 0 Å². The van der Waals surface area contributed by atoms with Crippen molar-refractivity contribution in [3.63, 3.8) is 0 Å². The Kier molecular flexibility index (Phi) is 3.33. The summed E-state index contributed by atoms with van der Waals surface area (Å²) in [5, 5.41) is 0. The fraction of sp³-hybridized carbons (Fsp3) is 0.417. The summed E-state index contributed by atoms with van der Waals surface area (Å²) in [6.45, 7) is 8.17. The summed E-state index contributed by atoms with van der Waals surface area (Å²) in [5.41, 5.74) is 4.25. The number of hydrogen-bond donors (Lipinski definition) is 0. The standard InChI is InChI=1S/C12H17/c1-4-5-6-12-8-7-10(2)9-11(12)3/h7-9H,1,4-6H2,2-3H3. The highest BCUT2D eigenvalue weighted by molar-refractivity contribution is 5.30. The summed E-state index contributed by atoms with van der Waals surface area (Å²) in [4.78, 5) is 0. The normalized spacial score (nSPS) is 10.2. The van der Waals surface area contributed by atoms with Crippen LogP contribution in [0.1, 0.15) is 29.5 Å². The quantitative estimate of drug-likeness (QED) is 0.637. The van der Waals surface area contributed by atoms with Crippen LogP contribution in [0.2, 0.25) is 0 Å². The number of rotatable bonds is 3. The first-order chi connectivity index (χ1) is 5.74. The summed E-state index contributed by atoms with van der Waals surface area (Å²) in [6, 6.07) is 6.67. The molecule has 1 aromatic rings. The van der Waals surface area contributed by atoms with E-state index in [2.05, 4.69) is 39.0 Å². The van der Waals surface area contributed by atoms with Gasteiger partial charge in [0.2, 0.25) is 0 Å². The topological polar surface area (TPSA) is 0 Å². The molecule has 1 aromatic carbocycles. The third-order valence-corrected chi connectivity index (χ3v) is 2.19. The van der Waals surface area contributed by atoms with Crippen molar-refractivity contribution in [1.29, 1.82) is 0 Å². The molecule has 1 radical (unpaired) electrons. The molecule has 65 valence electrons. The van der Waals surface area contributed by atoms with Crippen molar-refractivity contribution in [1.82, 2.24) is 0 Å². The molecule has 0 amide bonds. The zero-order valence-electron chi connectivity index (χ0n) is 8.06. The Balaban J connectivity index is 2.72. The first-order valence-electron chi connectivity index (χ1n) is 4.59. The predicted octanol–water partition coefficient (Wildman–Crippen LogP) is 3.46. The Morgan fingerprint density at radius 3 is 2.58 bits per heavy atom. The van der Waals surface area contributed by atoms with E-state index in [4.69, 9.17) is 0 Å². The molecule has 0 aromatic heterocycles.